The standard InChI is InChI=1S/C14H19ClN2O2/c1-9-7-17(8-12(9)16(2)3)13-10(14(18)19)5-4-6-11(13)15/h4-6,9,12H,7-8H2,1-3H3,(H,18,19). The van der Waals surface area contributed by atoms with Crippen LogP contribution in [0.4, 0.5) is 5.69 Å². The largest absolute Gasteiger partial charge is 0.478 e. The molecule has 0 bridgehead atoms. The summed E-state index contributed by atoms with van der Waals surface area (Å²) in [6.45, 7) is 3.81. The second-order valence-electron chi connectivity index (χ2n) is 5.35. The normalized spacial score (nSPS) is 23.1. The van der Waals surface area contributed by atoms with Crippen LogP contribution in [0, 0.1) is 5.92 Å². The number of carboxylic acids is 1. The Labute approximate surface area is 118 Å². The average molecular weight is 283 g/mol. The van der Waals surface area contributed by atoms with E-state index in [-0.39, 0.29) is 5.56 Å². The summed E-state index contributed by atoms with van der Waals surface area (Å²) in [7, 11) is 4.10. The quantitative estimate of drug-likeness (QED) is 0.925. The minimum atomic E-state index is -0.932. The van der Waals surface area contributed by atoms with Gasteiger partial charge in [-0.3, -0.25) is 0 Å². The first-order valence-corrected chi connectivity index (χ1v) is 6.72. The van der Waals surface area contributed by atoms with Crippen molar-refractivity contribution in [3.8, 4) is 0 Å². The van der Waals surface area contributed by atoms with E-state index in [1.807, 2.05) is 0 Å². The molecule has 0 aliphatic carbocycles. The number of nitrogens with zero attached hydrogens (tertiary/aromatic N) is 2. The molecule has 4 nitrogen and oxygen atoms in total. The van der Waals surface area contributed by atoms with Crippen LogP contribution in [0.1, 0.15) is 17.3 Å². The summed E-state index contributed by atoms with van der Waals surface area (Å²) in [5.41, 5.74) is 0.923. The molecule has 104 valence electrons. The number of halogens is 1. The molecule has 2 atom stereocenters. The van der Waals surface area contributed by atoms with E-state index in [2.05, 4.69) is 30.8 Å². The molecule has 2 unspecified atom stereocenters. The molecule has 5 heteroatoms. The molecular weight excluding hydrogens is 264 g/mol. The highest BCUT2D eigenvalue weighted by Crippen LogP contribution is 2.34. The lowest BCUT2D eigenvalue weighted by molar-refractivity contribution is 0.0697. The fraction of sp³-hybridized carbons (Fsp3) is 0.500. The van der Waals surface area contributed by atoms with Crippen LogP contribution in [-0.4, -0.2) is 49.2 Å². The Kier molecular flexibility index (Phi) is 4.02. The summed E-state index contributed by atoms with van der Waals surface area (Å²) in [4.78, 5) is 15.6. The predicted octanol–water partition coefficient (Wildman–Crippen LogP) is 2.42. The molecular formula is C14H19ClN2O2. The molecule has 2 rings (SSSR count). The molecule has 1 saturated heterocycles. The Morgan fingerprint density at radius 3 is 2.63 bits per heavy atom. The Balaban J connectivity index is 2.36. The number of aromatic carboxylic acids is 1. The highest BCUT2D eigenvalue weighted by molar-refractivity contribution is 6.34. The van der Waals surface area contributed by atoms with Gasteiger partial charge in [0.25, 0.3) is 0 Å². The zero-order chi connectivity index (χ0) is 14.2. The van der Waals surface area contributed by atoms with E-state index in [1.54, 1.807) is 18.2 Å². The first kappa shape index (κ1) is 14.2. The zero-order valence-electron chi connectivity index (χ0n) is 11.4. The third-order valence-electron chi connectivity index (χ3n) is 3.77. The lowest BCUT2D eigenvalue weighted by atomic mass is 10.1. The molecule has 0 amide bonds. The molecule has 1 heterocycles. The number of hydrogen-bond donors (Lipinski definition) is 1. The van der Waals surface area contributed by atoms with E-state index in [9.17, 15) is 9.90 Å². The van der Waals surface area contributed by atoms with Gasteiger partial charge in [0.05, 0.1) is 16.3 Å². The lowest BCUT2D eigenvalue weighted by Gasteiger charge is -2.24. The van der Waals surface area contributed by atoms with E-state index >= 15 is 0 Å². The molecule has 0 radical (unpaired) electrons. The van der Waals surface area contributed by atoms with Gasteiger partial charge in [-0.1, -0.05) is 24.6 Å². The van der Waals surface area contributed by atoms with Gasteiger partial charge >= 0.3 is 5.97 Å². The summed E-state index contributed by atoms with van der Waals surface area (Å²) < 4.78 is 0. The van der Waals surface area contributed by atoms with Crippen molar-refractivity contribution >= 4 is 23.3 Å². The Hall–Kier alpha value is -1.26. The molecule has 1 aliphatic rings. The summed E-state index contributed by atoms with van der Waals surface area (Å²) in [6.07, 6.45) is 0. The van der Waals surface area contributed by atoms with Crippen molar-refractivity contribution < 1.29 is 9.90 Å². The van der Waals surface area contributed by atoms with E-state index in [0.717, 1.165) is 13.1 Å². The molecule has 1 N–H and O–H groups in total. The maximum absolute atomic E-state index is 11.3. The third-order valence-corrected chi connectivity index (χ3v) is 4.07. The van der Waals surface area contributed by atoms with Crippen LogP contribution in [0.5, 0.6) is 0 Å². The maximum atomic E-state index is 11.3. The molecule has 1 aromatic carbocycles. The van der Waals surface area contributed by atoms with Crippen molar-refractivity contribution in [2.75, 3.05) is 32.1 Å². The number of carbonyl (C=O) groups is 1. The zero-order valence-corrected chi connectivity index (χ0v) is 12.2. The molecule has 0 spiro atoms. The molecule has 1 fully saturated rings. The van der Waals surface area contributed by atoms with E-state index in [1.165, 1.54) is 0 Å². The van der Waals surface area contributed by atoms with Crippen LogP contribution in [0.2, 0.25) is 5.02 Å². The first-order valence-electron chi connectivity index (χ1n) is 6.35. The second kappa shape index (κ2) is 5.39. The Morgan fingerprint density at radius 1 is 1.42 bits per heavy atom. The number of benzene rings is 1. The van der Waals surface area contributed by atoms with Gasteiger partial charge in [-0.25, -0.2) is 4.79 Å². The Morgan fingerprint density at radius 2 is 2.11 bits per heavy atom. The molecule has 0 saturated carbocycles. The smallest absolute Gasteiger partial charge is 0.337 e. The number of carboxylic acid groups (broad SMARTS) is 1. The summed E-state index contributed by atoms with van der Waals surface area (Å²) >= 11 is 6.21. The third kappa shape index (κ3) is 2.69. The van der Waals surface area contributed by atoms with Gasteiger partial charge in [0.15, 0.2) is 0 Å². The van der Waals surface area contributed by atoms with Crippen molar-refractivity contribution in [2.45, 2.75) is 13.0 Å². The number of likely N-dealkylation sites (N-methyl/N-ethyl adjacent to an activating group) is 1. The van der Waals surface area contributed by atoms with Crippen LogP contribution in [0.3, 0.4) is 0 Å². The topological polar surface area (TPSA) is 43.8 Å². The highest BCUT2D eigenvalue weighted by atomic mass is 35.5. The molecule has 1 aliphatic heterocycles. The van der Waals surface area contributed by atoms with Crippen LogP contribution >= 0.6 is 11.6 Å². The monoisotopic (exact) mass is 282 g/mol. The van der Waals surface area contributed by atoms with Gasteiger partial charge in [-0.15, -0.1) is 0 Å². The molecule has 1 aromatic rings. The second-order valence-corrected chi connectivity index (χ2v) is 5.76. The minimum Gasteiger partial charge on any atom is -0.478 e. The van der Waals surface area contributed by atoms with Crippen LogP contribution in [0.15, 0.2) is 18.2 Å². The van der Waals surface area contributed by atoms with Crippen molar-refractivity contribution in [2.24, 2.45) is 5.92 Å². The number of para-hydroxylation sites is 1. The van der Waals surface area contributed by atoms with Crippen molar-refractivity contribution in [1.82, 2.24) is 4.90 Å². The van der Waals surface area contributed by atoms with Crippen molar-refractivity contribution in [3.05, 3.63) is 28.8 Å². The lowest BCUT2D eigenvalue weighted by Crippen LogP contribution is -2.34. The molecule has 19 heavy (non-hydrogen) atoms. The van der Waals surface area contributed by atoms with Crippen LogP contribution in [0.25, 0.3) is 0 Å². The number of anilines is 1. The maximum Gasteiger partial charge on any atom is 0.337 e. The summed E-state index contributed by atoms with van der Waals surface area (Å²) in [6, 6.07) is 5.45. The van der Waals surface area contributed by atoms with Gasteiger partial charge in [-0.05, 0) is 32.1 Å². The average Bonchev–Trinajstić information content (AvgIpc) is 2.70. The summed E-state index contributed by atoms with van der Waals surface area (Å²) in [5.74, 6) is -0.452. The SMILES string of the molecule is CC1CN(c2c(Cl)cccc2C(=O)O)CC1N(C)C. The van der Waals surface area contributed by atoms with Gasteiger partial charge < -0.3 is 14.9 Å². The van der Waals surface area contributed by atoms with E-state index in [4.69, 9.17) is 11.6 Å². The van der Waals surface area contributed by atoms with Crippen LogP contribution < -0.4 is 4.90 Å². The number of rotatable bonds is 3. The van der Waals surface area contributed by atoms with Crippen molar-refractivity contribution in [3.63, 3.8) is 0 Å². The predicted molar refractivity (Wildman–Crippen MR) is 77.3 cm³/mol. The Bertz CT molecular complexity index is 490. The van der Waals surface area contributed by atoms with Gasteiger partial charge in [-0.2, -0.15) is 0 Å². The van der Waals surface area contributed by atoms with Gasteiger partial charge in [0.2, 0.25) is 0 Å². The van der Waals surface area contributed by atoms with Crippen LogP contribution in [-0.2, 0) is 0 Å². The fourth-order valence-electron chi connectivity index (χ4n) is 2.81. The van der Waals surface area contributed by atoms with E-state index < -0.39 is 5.97 Å². The molecule has 0 aromatic heterocycles. The number of hydrogen-bond acceptors (Lipinski definition) is 3. The fourth-order valence-corrected chi connectivity index (χ4v) is 3.11. The summed E-state index contributed by atoms with van der Waals surface area (Å²) in [5, 5.41) is 9.80. The first-order chi connectivity index (χ1) is 8.91. The minimum absolute atomic E-state index is 0.277. The van der Waals surface area contributed by atoms with Gasteiger partial charge in [0.1, 0.15) is 0 Å². The van der Waals surface area contributed by atoms with Gasteiger partial charge in [0, 0.05) is 19.1 Å². The van der Waals surface area contributed by atoms with E-state index in [0.29, 0.717) is 22.7 Å². The highest BCUT2D eigenvalue weighted by Gasteiger charge is 2.33. The van der Waals surface area contributed by atoms with Crippen molar-refractivity contribution in [1.29, 1.82) is 0 Å².